The van der Waals surface area contributed by atoms with Crippen LogP contribution in [0.25, 0.3) is 11.4 Å². The van der Waals surface area contributed by atoms with Crippen molar-refractivity contribution in [2.24, 2.45) is 0 Å². The maximum atomic E-state index is 12.3. The number of thioether (sulfide) groups is 1. The van der Waals surface area contributed by atoms with Crippen LogP contribution in [-0.4, -0.2) is 37.2 Å². The fourth-order valence-electron chi connectivity index (χ4n) is 2.51. The van der Waals surface area contributed by atoms with Gasteiger partial charge in [0, 0.05) is 35.8 Å². The highest BCUT2D eigenvalue weighted by Gasteiger charge is 2.15. The molecule has 0 aliphatic heterocycles. The Balaban J connectivity index is 1.66. The van der Waals surface area contributed by atoms with Crippen LogP contribution in [0.3, 0.4) is 0 Å². The van der Waals surface area contributed by atoms with Crippen LogP contribution in [0.5, 0.6) is 0 Å². The van der Waals surface area contributed by atoms with Gasteiger partial charge in [-0.25, -0.2) is 0 Å². The molecule has 7 nitrogen and oxygen atoms in total. The average molecular weight is 393 g/mol. The maximum Gasteiger partial charge on any atom is 0.234 e. The lowest BCUT2D eigenvalue weighted by atomic mass is 10.1. The molecule has 8 heteroatoms. The first-order valence-corrected chi connectivity index (χ1v) is 9.55. The van der Waals surface area contributed by atoms with Crippen molar-refractivity contribution in [2.45, 2.75) is 18.6 Å². The highest BCUT2D eigenvalue weighted by Crippen LogP contribution is 2.23. The van der Waals surface area contributed by atoms with Crippen molar-refractivity contribution in [3.05, 3.63) is 67.0 Å². The third kappa shape index (κ3) is 4.72. The number of carbonyl (C=O) groups excluding carboxylic acids is 2. The second-order valence-electron chi connectivity index (χ2n) is 5.92. The summed E-state index contributed by atoms with van der Waals surface area (Å²) < 4.78 is 1.89. The molecule has 0 aliphatic carbocycles. The SMILES string of the molecule is C=CCn1c(SCC(=O)Nc2ccc(C(C)=O)cc2)nnc1-c1cccnc1. The third-order valence-electron chi connectivity index (χ3n) is 3.86. The van der Waals surface area contributed by atoms with Crippen LogP contribution in [0, 0.1) is 0 Å². The molecular formula is C20H19N5O2S. The largest absolute Gasteiger partial charge is 0.325 e. The fraction of sp³-hybridized carbons (Fsp3) is 0.150. The van der Waals surface area contributed by atoms with Gasteiger partial charge in [-0.2, -0.15) is 0 Å². The number of anilines is 1. The summed E-state index contributed by atoms with van der Waals surface area (Å²) >= 11 is 1.29. The number of rotatable bonds is 8. The number of Topliss-reactive ketones (excluding diaryl/α,β-unsaturated/α-hetero) is 1. The van der Waals surface area contributed by atoms with E-state index in [9.17, 15) is 9.59 Å². The molecule has 2 aromatic heterocycles. The predicted molar refractivity (Wildman–Crippen MR) is 109 cm³/mol. The van der Waals surface area contributed by atoms with Crippen molar-refractivity contribution >= 4 is 29.1 Å². The molecule has 2 heterocycles. The molecule has 1 amide bonds. The van der Waals surface area contributed by atoms with Crippen molar-refractivity contribution in [1.29, 1.82) is 0 Å². The number of ketones is 1. The van der Waals surface area contributed by atoms with E-state index >= 15 is 0 Å². The Bertz CT molecular complexity index is 984. The number of hydrogen-bond donors (Lipinski definition) is 1. The minimum Gasteiger partial charge on any atom is -0.325 e. The third-order valence-corrected chi connectivity index (χ3v) is 4.82. The minimum absolute atomic E-state index is 0.0144. The van der Waals surface area contributed by atoms with E-state index in [1.807, 2.05) is 16.7 Å². The highest BCUT2D eigenvalue weighted by atomic mass is 32.2. The van der Waals surface area contributed by atoms with Gasteiger partial charge in [0.15, 0.2) is 16.8 Å². The molecule has 0 bridgehead atoms. The quantitative estimate of drug-likeness (QED) is 0.358. The number of nitrogens with zero attached hydrogens (tertiary/aromatic N) is 4. The molecule has 3 aromatic rings. The van der Waals surface area contributed by atoms with Crippen molar-refractivity contribution < 1.29 is 9.59 Å². The van der Waals surface area contributed by atoms with Gasteiger partial charge in [0.1, 0.15) is 0 Å². The molecule has 0 atom stereocenters. The van der Waals surface area contributed by atoms with Gasteiger partial charge >= 0.3 is 0 Å². The van der Waals surface area contributed by atoms with Gasteiger partial charge in [0.05, 0.1) is 5.75 Å². The Labute approximate surface area is 166 Å². The minimum atomic E-state index is -0.170. The van der Waals surface area contributed by atoms with Crippen LogP contribution in [0.1, 0.15) is 17.3 Å². The van der Waals surface area contributed by atoms with Crippen molar-refractivity contribution in [3.63, 3.8) is 0 Å². The van der Waals surface area contributed by atoms with Crippen LogP contribution in [0.2, 0.25) is 0 Å². The summed E-state index contributed by atoms with van der Waals surface area (Å²) in [5.74, 6) is 0.670. The van der Waals surface area contributed by atoms with E-state index in [1.54, 1.807) is 42.7 Å². The number of amides is 1. The van der Waals surface area contributed by atoms with E-state index in [2.05, 4.69) is 27.1 Å². The van der Waals surface area contributed by atoms with Gasteiger partial charge in [-0.15, -0.1) is 16.8 Å². The molecule has 3 rings (SSSR count). The Hall–Kier alpha value is -3.26. The maximum absolute atomic E-state index is 12.3. The van der Waals surface area contributed by atoms with E-state index < -0.39 is 0 Å². The summed E-state index contributed by atoms with van der Waals surface area (Å²) in [7, 11) is 0. The molecule has 0 radical (unpaired) electrons. The number of allylic oxidation sites excluding steroid dienone is 1. The van der Waals surface area contributed by atoms with Crippen LogP contribution in [0.4, 0.5) is 5.69 Å². The lowest BCUT2D eigenvalue weighted by Crippen LogP contribution is -2.14. The van der Waals surface area contributed by atoms with Gasteiger partial charge in [-0.3, -0.25) is 19.1 Å². The number of carbonyl (C=O) groups is 2. The Morgan fingerprint density at radius 3 is 2.64 bits per heavy atom. The van der Waals surface area contributed by atoms with Gasteiger partial charge < -0.3 is 5.32 Å². The lowest BCUT2D eigenvalue weighted by Gasteiger charge is -2.08. The summed E-state index contributed by atoms with van der Waals surface area (Å²) in [5.41, 5.74) is 2.09. The Morgan fingerprint density at radius 2 is 2.00 bits per heavy atom. The standard InChI is InChI=1S/C20H19N5O2S/c1-3-11-25-19(16-5-4-10-21-12-16)23-24-20(25)28-13-18(27)22-17-8-6-15(7-9-17)14(2)26/h3-10,12H,1,11,13H2,2H3,(H,22,27). The fourth-order valence-corrected chi connectivity index (χ4v) is 3.26. The highest BCUT2D eigenvalue weighted by molar-refractivity contribution is 7.99. The monoisotopic (exact) mass is 393 g/mol. The molecule has 142 valence electrons. The predicted octanol–water partition coefficient (Wildman–Crippen LogP) is 3.46. The van der Waals surface area contributed by atoms with Crippen molar-refractivity contribution in [1.82, 2.24) is 19.7 Å². The van der Waals surface area contributed by atoms with E-state index in [-0.39, 0.29) is 17.4 Å². The second-order valence-corrected chi connectivity index (χ2v) is 6.86. The topological polar surface area (TPSA) is 89.8 Å². The van der Waals surface area contributed by atoms with Crippen LogP contribution in [-0.2, 0) is 11.3 Å². The summed E-state index contributed by atoms with van der Waals surface area (Å²) in [6, 6.07) is 10.5. The first-order chi connectivity index (χ1) is 13.6. The van der Waals surface area contributed by atoms with Crippen molar-refractivity contribution in [3.8, 4) is 11.4 Å². The molecule has 28 heavy (non-hydrogen) atoms. The number of hydrogen-bond acceptors (Lipinski definition) is 6. The van der Waals surface area contributed by atoms with Crippen molar-refractivity contribution in [2.75, 3.05) is 11.1 Å². The molecule has 0 unspecified atom stereocenters. The summed E-state index contributed by atoms with van der Waals surface area (Å²) in [6.45, 7) is 5.80. The van der Waals surface area contributed by atoms with Crippen LogP contribution >= 0.6 is 11.8 Å². The average Bonchev–Trinajstić information content (AvgIpc) is 3.10. The van der Waals surface area contributed by atoms with E-state index in [0.717, 1.165) is 5.56 Å². The molecule has 1 N–H and O–H groups in total. The van der Waals surface area contributed by atoms with Crippen LogP contribution in [0.15, 0.2) is 66.6 Å². The molecule has 0 fully saturated rings. The zero-order valence-electron chi connectivity index (χ0n) is 15.3. The van der Waals surface area contributed by atoms with E-state index in [4.69, 9.17) is 0 Å². The molecule has 1 aromatic carbocycles. The zero-order chi connectivity index (χ0) is 19.9. The summed E-state index contributed by atoms with van der Waals surface area (Å²) in [4.78, 5) is 27.7. The van der Waals surface area contributed by atoms with E-state index in [1.165, 1.54) is 18.7 Å². The van der Waals surface area contributed by atoms with Gasteiger partial charge in [-0.05, 0) is 43.3 Å². The lowest BCUT2D eigenvalue weighted by molar-refractivity contribution is -0.113. The number of pyridine rings is 1. The number of aromatic nitrogens is 4. The zero-order valence-corrected chi connectivity index (χ0v) is 16.1. The smallest absolute Gasteiger partial charge is 0.234 e. The normalized spacial score (nSPS) is 10.5. The van der Waals surface area contributed by atoms with Crippen LogP contribution < -0.4 is 5.32 Å². The molecule has 0 spiro atoms. The molecular weight excluding hydrogens is 374 g/mol. The second kappa shape index (κ2) is 9.09. The van der Waals surface area contributed by atoms with E-state index in [0.29, 0.717) is 28.8 Å². The van der Waals surface area contributed by atoms with Gasteiger partial charge in [0.2, 0.25) is 5.91 Å². The number of nitrogens with one attached hydrogen (secondary N) is 1. The Kier molecular flexibility index (Phi) is 6.33. The molecule has 0 saturated heterocycles. The summed E-state index contributed by atoms with van der Waals surface area (Å²) in [6.07, 6.45) is 5.17. The van der Waals surface area contributed by atoms with Gasteiger partial charge in [0.25, 0.3) is 0 Å². The summed E-state index contributed by atoms with van der Waals surface area (Å²) in [5, 5.41) is 11.9. The van der Waals surface area contributed by atoms with Gasteiger partial charge in [-0.1, -0.05) is 17.8 Å². The first kappa shape index (κ1) is 19.5. The Morgan fingerprint density at radius 1 is 1.21 bits per heavy atom. The molecule has 0 aliphatic rings. The molecule has 0 saturated carbocycles. The first-order valence-electron chi connectivity index (χ1n) is 8.56. The number of benzene rings is 1.